The third-order valence-electron chi connectivity index (χ3n) is 4.52. The van der Waals surface area contributed by atoms with Crippen molar-refractivity contribution in [3.8, 4) is 17.1 Å². The molecule has 0 aliphatic carbocycles. The predicted octanol–water partition coefficient (Wildman–Crippen LogP) is 6.24. The van der Waals surface area contributed by atoms with Crippen molar-refractivity contribution in [1.29, 1.82) is 0 Å². The topological polar surface area (TPSA) is 90.2 Å². The maximum absolute atomic E-state index is 12.7. The predicted molar refractivity (Wildman–Crippen MR) is 129 cm³/mol. The lowest BCUT2D eigenvalue weighted by Gasteiger charge is -2.07. The minimum atomic E-state index is -0.414. The van der Waals surface area contributed by atoms with Crippen LogP contribution in [-0.4, -0.2) is 29.7 Å². The summed E-state index contributed by atoms with van der Waals surface area (Å²) in [5, 5.41) is 1.29. The third-order valence-corrected chi connectivity index (χ3v) is 5.97. The molecule has 0 unspecified atom stereocenters. The van der Waals surface area contributed by atoms with E-state index in [1.807, 2.05) is 38.1 Å². The molecule has 0 bridgehead atoms. The number of carbonyl (C=O) groups excluding carboxylic acids is 1. The van der Waals surface area contributed by atoms with E-state index in [1.165, 1.54) is 11.3 Å². The lowest BCUT2D eigenvalue weighted by Crippen LogP contribution is -2.04. The number of esters is 1. The van der Waals surface area contributed by atoms with Crippen molar-refractivity contribution in [3.63, 3.8) is 0 Å². The first-order valence-corrected chi connectivity index (χ1v) is 11.1. The number of nitrogens with two attached hydrogens (primary N) is 1. The van der Waals surface area contributed by atoms with E-state index in [2.05, 4.69) is 11.6 Å². The molecule has 0 amide bonds. The van der Waals surface area contributed by atoms with Crippen molar-refractivity contribution in [2.75, 3.05) is 13.7 Å². The number of imidazole rings is 1. The number of aromatic nitrogens is 2. The van der Waals surface area contributed by atoms with E-state index in [0.717, 1.165) is 15.6 Å². The van der Waals surface area contributed by atoms with Crippen LogP contribution in [0.1, 0.15) is 36.0 Å². The summed E-state index contributed by atoms with van der Waals surface area (Å²) in [6.07, 6.45) is 0. The van der Waals surface area contributed by atoms with E-state index in [9.17, 15) is 4.79 Å². The lowest BCUT2D eigenvalue weighted by molar-refractivity contribution is 0.0533. The minimum absolute atomic E-state index is 0.274. The molecule has 2 aromatic carbocycles. The molecule has 2 heterocycles. The summed E-state index contributed by atoms with van der Waals surface area (Å²) in [7, 11) is 1.55. The minimum Gasteiger partial charge on any atom is -0.494 e. The Labute approximate surface area is 189 Å². The summed E-state index contributed by atoms with van der Waals surface area (Å²) < 4.78 is 11.7. The number of methoxy groups -OCH3 is 1. The van der Waals surface area contributed by atoms with E-state index in [1.54, 1.807) is 20.1 Å². The van der Waals surface area contributed by atoms with E-state index in [4.69, 9.17) is 31.8 Å². The van der Waals surface area contributed by atoms with Crippen LogP contribution >= 0.6 is 22.9 Å². The SMILES string of the molecule is C=C(N)c1ccc2[nH]c(-c3c(C(=O)OCC)sc4cccc(Cl)c34)nc2c1OC.CC. The molecule has 3 N–H and O–H groups in total. The Morgan fingerprint density at radius 1 is 1.29 bits per heavy atom. The molecule has 0 saturated heterocycles. The summed E-state index contributed by atoms with van der Waals surface area (Å²) >= 11 is 7.82. The second-order valence-corrected chi connectivity index (χ2v) is 7.75. The van der Waals surface area contributed by atoms with Gasteiger partial charge in [0.1, 0.15) is 16.2 Å². The fourth-order valence-corrected chi connectivity index (χ4v) is 4.75. The standard InChI is InChI=1S/C21H18ClN3O3S.C2H6/c1-4-28-21(26)19-16(15-12(22)6-5-7-14(15)29-19)20-24-13-9-8-11(10(2)23)18(27-3)17(13)25-20;1-2/h5-9H,2,4,23H2,1,3H3,(H,24,25);1-2H3. The maximum atomic E-state index is 12.7. The van der Waals surface area contributed by atoms with Gasteiger partial charge in [-0.1, -0.05) is 38.1 Å². The number of thiophene rings is 1. The molecule has 6 nitrogen and oxygen atoms in total. The molecule has 162 valence electrons. The van der Waals surface area contributed by atoms with Crippen molar-refractivity contribution in [1.82, 2.24) is 9.97 Å². The number of carbonyl (C=O) groups is 1. The van der Waals surface area contributed by atoms with E-state index in [0.29, 0.717) is 43.8 Å². The fourth-order valence-electron chi connectivity index (χ4n) is 3.30. The first kappa shape index (κ1) is 22.7. The number of H-pyrrole nitrogens is 1. The van der Waals surface area contributed by atoms with Crippen LogP contribution in [0.5, 0.6) is 5.75 Å². The van der Waals surface area contributed by atoms with Crippen LogP contribution in [0.15, 0.2) is 36.9 Å². The molecule has 0 saturated carbocycles. The van der Waals surface area contributed by atoms with Gasteiger partial charge in [-0.25, -0.2) is 9.78 Å². The maximum Gasteiger partial charge on any atom is 0.349 e. The number of hydrogen-bond acceptors (Lipinski definition) is 6. The van der Waals surface area contributed by atoms with Crippen LogP contribution in [0.25, 0.3) is 38.2 Å². The Balaban J connectivity index is 0.00000132. The largest absolute Gasteiger partial charge is 0.494 e. The number of hydrogen-bond donors (Lipinski definition) is 2. The molecule has 0 atom stereocenters. The van der Waals surface area contributed by atoms with Crippen molar-refractivity contribution < 1.29 is 14.3 Å². The second-order valence-electron chi connectivity index (χ2n) is 6.29. The normalized spacial score (nSPS) is 10.6. The molecule has 0 fully saturated rings. The first-order chi connectivity index (χ1) is 15.0. The lowest BCUT2D eigenvalue weighted by atomic mass is 10.1. The highest BCUT2D eigenvalue weighted by molar-refractivity contribution is 7.21. The van der Waals surface area contributed by atoms with Gasteiger partial charge in [0, 0.05) is 21.3 Å². The molecular weight excluding hydrogens is 434 g/mol. The van der Waals surface area contributed by atoms with Gasteiger partial charge in [-0.05, 0) is 31.2 Å². The number of ether oxygens (including phenoxy) is 2. The third kappa shape index (κ3) is 3.98. The molecule has 0 aliphatic rings. The smallest absolute Gasteiger partial charge is 0.349 e. The van der Waals surface area contributed by atoms with Crippen molar-refractivity contribution in [2.24, 2.45) is 5.73 Å². The Kier molecular flexibility index (Phi) is 6.87. The zero-order valence-corrected chi connectivity index (χ0v) is 19.4. The second kappa shape index (κ2) is 9.41. The van der Waals surface area contributed by atoms with Gasteiger partial charge in [0.2, 0.25) is 0 Å². The van der Waals surface area contributed by atoms with Gasteiger partial charge in [0.15, 0.2) is 5.75 Å². The van der Waals surface area contributed by atoms with E-state index < -0.39 is 5.97 Å². The Hall–Kier alpha value is -3.03. The van der Waals surface area contributed by atoms with Crippen molar-refractivity contribution >= 4 is 55.7 Å². The van der Waals surface area contributed by atoms with E-state index in [-0.39, 0.29) is 6.61 Å². The average molecular weight is 458 g/mol. The monoisotopic (exact) mass is 457 g/mol. The van der Waals surface area contributed by atoms with Gasteiger partial charge in [-0.2, -0.15) is 0 Å². The van der Waals surface area contributed by atoms with E-state index >= 15 is 0 Å². The molecule has 4 aromatic rings. The number of nitrogens with zero attached hydrogens (tertiary/aromatic N) is 1. The molecule has 0 aliphatic heterocycles. The van der Waals surface area contributed by atoms with Gasteiger partial charge in [-0.15, -0.1) is 11.3 Å². The van der Waals surface area contributed by atoms with Crippen LogP contribution in [0, 0.1) is 0 Å². The number of benzene rings is 2. The van der Waals surface area contributed by atoms with Gasteiger partial charge in [-0.3, -0.25) is 0 Å². The molecule has 2 aromatic heterocycles. The Morgan fingerprint density at radius 3 is 2.68 bits per heavy atom. The van der Waals surface area contributed by atoms with Crippen LogP contribution < -0.4 is 10.5 Å². The Bertz CT molecular complexity index is 1280. The number of halogens is 1. The Morgan fingerprint density at radius 2 is 2.03 bits per heavy atom. The molecule has 0 radical (unpaired) electrons. The number of aromatic amines is 1. The van der Waals surface area contributed by atoms with Crippen LogP contribution in [0.3, 0.4) is 0 Å². The van der Waals surface area contributed by atoms with Gasteiger partial charge >= 0.3 is 5.97 Å². The number of rotatable bonds is 5. The van der Waals surface area contributed by atoms with Gasteiger partial charge < -0.3 is 20.2 Å². The quantitative estimate of drug-likeness (QED) is 0.346. The molecular formula is C23H24ClN3O3S. The summed E-state index contributed by atoms with van der Waals surface area (Å²) in [6.45, 7) is 9.83. The summed E-state index contributed by atoms with van der Waals surface area (Å²) in [5.41, 5.74) is 8.87. The van der Waals surface area contributed by atoms with Crippen LogP contribution in [0.2, 0.25) is 5.02 Å². The van der Waals surface area contributed by atoms with Crippen LogP contribution in [0.4, 0.5) is 0 Å². The summed E-state index contributed by atoms with van der Waals surface area (Å²) in [5.74, 6) is 0.601. The zero-order valence-electron chi connectivity index (χ0n) is 17.8. The summed E-state index contributed by atoms with van der Waals surface area (Å²) in [4.78, 5) is 21.1. The number of fused-ring (bicyclic) bond motifs is 2. The fraction of sp³-hybridized carbons (Fsp3) is 0.217. The first-order valence-electron chi connectivity index (χ1n) is 9.86. The highest BCUT2D eigenvalue weighted by atomic mass is 35.5. The summed E-state index contributed by atoms with van der Waals surface area (Å²) in [6, 6.07) is 9.21. The number of nitrogens with one attached hydrogen (secondary N) is 1. The highest BCUT2D eigenvalue weighted by Gasteiger charge is 2.25. The molecule has 4 rings (SSSR count). The van der Waals surface area contributed by atoms with Gasteiger partial charge in [0.25, 0.3) is 0 Å². The van der Waals surface area contributed by atoms with Crippen LogP contribution in [-0.2, 0) is 4.74 Å². The van der Waals surface area contributed by atoms with Crippen molar-refractivity contribution in [2.45, 2.75) is 20.8 Å². The molecule has 31 heavy (non-hydrogen) atoms. The van der Waals surface area contributed by atoms with Gasteiger partial charge in [0.05, 0.1) is 29.8 Å². The van der Waals surface area contributed by atoms with Crippen molar-refractivity contribution in [3.05, 3.63) is 52.4 Å². The highest BCUT2D eigenvalue weighted by Crippen LogP contribution is 2.43. The average Bonchev–Trinajstić information content (AvgIpc) is 3.36. The molecule has 0 spiro atoms. The molecule has 8 heteroatoms. The zero-order chi connectivity index (χ0) is 22.7.